The maximum Gasteiger partial charge on any atom is 0.241 e. The molecule has 1 fully saturated rings. The third-order valence-corrected chi connectivity index (χ3v) is 5.49. The first-order valence-corrected chi connectivity index (χ1v) is 10.2. The molecule has 4 rings (SSSR count). The lowest BCUT2D eigenvalue weighted by atomic mass is 10.1. The zero-order chi connectivity index (χ0) is 20.2. The quantitative estimate of drug-likeness (QED) is 0.632. The van der Waals surface area contributed by atoms with Gasteiger partial charge in [0.25, 0.3) is 0 Å². The number of hydrogen-bond acceptors (Lipinski definition) is 7. The van der Waals surface area contributed by atoms with Gasteiger partial charge >= 0.3 is 0 Å². The molecule has 0 saturated carbocycles. The number of aliphatic hydroxyl groups is 1. The molecule has 2 aromatic heterocycles. The molecule has 1 atom stereocenters. The third-order valence-electron chi connectivity index (χ3n) is 5.24. The van der Waals surface area contributed by atoms with E-state index >= 15 is 0 Å². The van der Waals surface area contributed by atoms with E-state index in [2.05, 4.69) is 19.9 Å². The minimum atomic E-state index is 0.160. The van der Waals surface area contributed by atoms with Crippen LogP contribution < -0.4 is 0 Å². The van der Waals surface area contributed by atoms with Crippen LogP contribution in [0.5, 0.6) is 0 Å². The van der Waals surface area contributed by atoms with Crippen molar-refractivity contribution in [3.8, 4) is 11.4 Å². The van der Waals surface area contributed by atoms with E-state index in [-0.39, 0.29) is 12.6 Å². The number of halogens is 1. The molecule has 3 aromatic rings. The van der Waals surface area contributed by atoms with Crippen LogP contribution in [0.1, 0.15) is 23.8 Å². The fourth-order valence-corrected chi connectivity index (χ4v) is 3.85. The smallest absolute Gasteiger partial charge is 0.241 e. The van der Waals surface area contributed by atoms with Gasteiger partial charge in [0, 0.05) is 42.9 Å². The van der Waals surface area contributed by atoms with Crippen LogP contribution >= 0.6 is 11.6 Å². The van der Waals surface area contributed by atoms with Crippen molar-refractivity contribution in [3.05, 3.63) is 58.8 Å². The van der Waals surface area contributed by atoms with Crippen LogP contribution in [0.2, 0.25) is 5.02 Å². The van der Waals surface area contributed by atoms with Gasteiger partial charge in [-0.3, -0.25) is 9.80 Å². The molecule has 0 radical (unpaired) electrons. The van der Waals surface area contributed by atoms with Crippen LogP contribution in [0.25, 0.3) is 11.4 Å². The Morgan fingerprint density at radius 3 is 2.69 bits per heavy atom. The molecular formula is C21H25ClN4O3. The monoisotopic (exact) mass is 416 g/mol. The SMILES string of the molecule is Cc1ccc(CN2CCN(Cc3nc(-c4ccc(Cl)cc4)no3)CC2CCO)o1. The maximum atomic E-state index is 9.51. The molecule has 1 saturated heterocycles. The third kappa shape index (κ3) is 5.05. The van der Waals surface area contributed by atoms with Gasteiger partial charge in [0.15, 0.2) is 0 Å². The standard InChI is InChI=1S/C21H25ClN4O3/c1-15-2-7-19(28-15)13-26-10-9-25(12-18(26)8-11-27)14-20-23-21(24-29-20)16-3-5-17(22)6-4-16/h2-7,18,27H,8-14H2,1H3. The molecule has 1 aliphatic heterocycles. The maximum absolute atomic E-state index is 9.51. The molecule has 7 nitrogen and oxygen atoms in total. The average molecular weight is 417 g/mol. The summed E-state index contributed by atoms with van der Waals surface area (Å²) in [4.78, 5) is 9.19. The lowest BCUT2D eigenvalue weighted by Crippen LogP contribution is -2.52. The van der Waals surface area contributed by atoms with Crippen LogP contribution in [0.4, 0.5) is 0 Å². The molecule has 8 heteroatoms. The summed E-state index contributed by atoms with van der Waals surface area (Å²) >= 11 is 5.94. The first-order chi connectivity index (χ1) is 14.1. The minimum absolute atomic E-state index is 0.160. The number of rotatable bonds is 7. The van der Waals surface area contributed by atoms with Gasteiger partial charge in [-0.1, -0.05) is 16.8 Å². The van der Waals surface area contributed by atoms with Crippen molar-refractivity contribution in [2.45, 2.75) is 32.5 Å². The van der Waals surface area contributed by atoms with E-state index in [4.69, 9.17) is 20.5 Å². The molecular weight excluding hydrogens is 392 g/mol. The van der Waals surface area contributed by atoms with Crippen LogP contribution in [0.15, 0.2) is 45.3 Å². The molecule has 29 heavy (non-hydrogen) atoms. The van der Waals surface area contributed by atoms with Crippen molar-refractivity contribution >= 4 is 11.6 Å². The number of nitrogens with zero attached hydrogens (tertiary/aromatic N) is 4. The predicted molar refractivity (Wildman–Crippen MR) is 109 cm³/mol. The molecule has 3 heterocycles. The van der Waals surface area contributed by atoms with Crippen molar-refractivity contribution in [2.75, 3.05) is 26.2 Å². The van der Waals surface area contributed by atoms with Crippen molar-refractivity contribution in [1.82, 2.24) is 19.9 Å². The van der Waals surface area contributed by atoms with Gasteiger partial charge in [-0.05, 0) is 49.7 Å². The zero-order valence-corrected chi connectivity index (χ0v) is 17.2. The zero-order valence-electron chi connectivity index (χ0n) is 16.4. The Balaban J connectivity index is 1.38. The fraction of sp³-hybridized carbons (Fsp3) is 0.429. The van der Waals surface area contributed by atoms with Crippen molar-refractivity contribution in [2.24, 2.45) is 0 Å². The summed E-state index contributed by atoms with van der Waals surface area (Å²) in [6.45, 7) is 6.08. The predicted octanol–water partition coefficient (Wildman–Crippen LogP) is 3.36. The summed E-state index contributed by atoms with van der Waals surface area (Å²) in [6, 6.07) is 11.6. The van der Waals surface area contributed by atoms with Crippen LogP contribution in [0.3, 0.4) is 0 Å². The first kappa shape index (κ1) is 20.1. The van der Waals surface area contributed by atoms with Crippen molar-refractivity contribution < 1.29 is 14.0 Å². The van der Waals surface area contributed by atoms with Gasteiger partial charge in [0.1, 0.15) is 11.5 Å². The van der Waals surface area contributed by atoms with Gasteiger partial charge in [-0.2, -0.15) is 4.98 Å². The Morgan fingerprint density at radius 1 is 1.14 bits per heavy atom. The highest BCUT2D eigenvalue weighted by Crippen LogP contribution is 2.21. The van der Waals surface area contributed by atoms with E-state index in [1.165, 1.54) is 0 Å². The lowest BCUT2D eigenvalue weighted by Gasteiger charge is -2.40. The molecule has 1 unspecified atom stereocenters. The highest BCUT2D eigenvalue weighted by atomic mass is 35.5. The Kier molecular flexibility index (Phi) is 6.30. The van der Waals surface area contributed by atoms with E-state index in [1.807, 2.05) is 43.3 Å². The number of benzene rings is 1. The summed E-state index contributed by atoms with van der Waals surface area (Å²) < 4.78 is 11.2. The Bertz CT molecular complexity index is 924. The second-order valence-electron chi connectivity index (χ2n) is 7.40. The van der Waals surface area contributed by atoms with Gasteiger partial charge < -0.3 is 14.0 Å². The minimum Gasteiger partial charge on any atom is -0.465 e. The summed E-state index contributed by atoms with van der Waals surface area (Å²) in [5, 5.41) is 14.3. The number of aliphatic hydroxyl groups excluding tert-OH is 1. The van der Waals surface area contributed by atoms with E-state index in [0.29, 0.717) is 23.3 Å². The number of piperazine rings is 1. The first-order valence-electron chi connectivity index (χ1n) is 9.82. The molecule has 0 aliphatic carbocycles. The molecule has 1 aliphatic rings. The number of aromatic nitrogens is 2. The molecule has 154 valence electrons. The summed E-state index contributed by atoms with van der Waals surface area (Å²) in [5.41, 5.74) is 0.876. The fourth-order valence-electron chi connectivity index (χ4n) is 3.73. The van der Waals surface area contributed by atoms with Gasteiger partial charge in [-0.25, -0.2) is 0 Å². The van der Waals surface area contributed by atoms with Crippen LogP contribution in [0, 0.1) is 6.92 Å². The summed E-state index contributed by atoms with van der Waals surface area (Å²) in [7, 11) is 0. The van der Waals surface area contributed by atoms with Gasteiger partial charge in [0.2, 0.25) is 11.7 Å². The Morgan fingerprint density at radius 2 is 1.97 bits per heavy atom. The van der Waals surface area contributed by atoms with E-state index < -0.39 is 0 Å². The van der Waals surface area contributed by atoms with Crippen molar-refractivity contribution in [3.63, 3.8) is 0 Å². The van der Waals surface area contributed by atoms with Gasteiger partial charge in [0.05, 0.1) is 13.1 Å². The second kappa shape index (κ2) is 9.09. The molecule has 0 spiro atoms. The summed E-state index contributed by atoms with van der Waals surface area (Å²) in [6.07, 6.45) is 0.718. The topological polar surface area (TPSA) is 78.8 Å². The van der Waals surface area contributed by atoms with Crippen molar-refractivity contribution in [1.29, 1.82) is 0 Å². The van der Waals surface area contributed by atoms with E-state index in [1.54, 1.807) is 0 Å². The second-order valence-corrected chi connectivity index (χ2v) is 7.84. The van der Waals surface area contributed by atoms with E-state index in [0.717, 1.165) is 49.7 Å². The average Bonchev–Trinajstić information content (AvgIpc) is 3.34. The largest absolute Gasteiger partial charge is 0.465 e. The number of hydrogen-bond donors (Lipinski definition) is 1. The highest BCUT2D eigenvalue weighted by Gasteiger charge is 2.28. The van der Waals surface area contributed by atoms with Gasteiger partial charge in [-0.15, -0.1) is 0 Å². The van der Waals surface area contributed by atoms with Crippen LogP contribution in [-0.4, -0.2) is 57.3 Å². The molecule has 0 bridgehead atoms. The lowest BCUT2D eigenvalue weighted by molar-refractivity contribution is 0.0408. The number of aryl methyl sites for hydroxylation is 1. The highest BCUT2D eigenvalue weighted by molar-refractivity contribution is 6.30. The molecule has 0 amide bonds. The summed E-state index contributed by atoms with van der Waals surface area (Å²) in [5.74, 6) is 3.04. The Hall–Kier alpha value is -2.19. The van der Waals surface area contributed by atoms with E-state index in [9.17, 15) is 5.11 Å². The normalized spacial score (nSPS) is 18.4. The van der Waals surface area contributed by atoms with Crippen LogP contribution in [-0.2, 0) is 13.1 Å². The molecule has 1 N–H and O–H groups in total. The number of furan rings is 1. The molecule has 1 aromatic carbocycles. The Labute approximate surface area is 174 Å².